The van der Waals surface area contributed by atoms with Gasteiger partial charge in [0.05, 0.1) is 12.7 Å². The molecule has 0 bridgehead atoms. The molecule has 1 aliphatic rings. The van der Waals surface area contributed by atoms with Crippen molar-refractivity contribution in [1.82, 2.24) is 0 Å². The zero-order valence-electron chi connectivity index (χ0n) is 18.4. The highest BCUT2D eigenvalue weighted by Crippen LogP contribution is 2.33. The molecule has 1 heterocycles. The fourth-order valence-corrected chi connectivity index (χ4v) is 4.22. The topological polar surface area (TPSA) is 75.0 Å². The van der Waals surface area contributed by atoms with Gasteiger partial charge in [0.2, 0.25) is 0 Å². The van der Waals surface area contributed by atoms with Gasteiger partial charge in [0.25, 0.3) is 0 Å². The van der Waals surface area contributed by atoms with Gasteiger partial charge >= 0.3 is 11.6 Å². The van der Waals surface area contributed by atoms with Crippen molar-refractivity contribution in [3.63, 3.8) is 0 Å². The van der Waals surface area contributed by atoms with E-state index in [2.05, 4.69) is 6.58 Å². The molecule has 4 rings (SSSR count). The zero-order valence-corrected chi connectivity index (χ0v) is 18.4. The predicted octanol–water partition coefficient (Wildman–Crippen LogP) is 5.05. The Morgan fingerprint density at radius 1 is 1.06 bits per heavy atom. The first kappa shape index (κ1) is 21.7. The van der Waals surface area contributed by atoms with Gasteiger partial charge in [-0.05, 0) is 61.2 Å². The summed E-state index contributed by atoms with van der Waals surface area (Å²) < 4.78 is 22.4. The van der Waals surface area contributed by atoms with Crippen LogP contribution >= 0.6 is 0 Å². The number of benzene rings is 2. The summed E-state index contributed by atoms with van der Waals surface area (Å²) in [6, 6.07) is 12.9. The maximum Gasteiger partial charge on any atom is 0.344 e. The average Bonchev–Trinajstić information content (AvgIpc) is 3.12. The minimum atomic E-state index is -0.419. The zero-order chi connectivity index (χ0) is 22.8. The highest BCUT2D eigenvalue weighted by molar-refractivity contribution is 5.83. The molecule has 0 amide bonds. The van der Waals surface area contributed by atoms with Crippen molar-refractivity contribution in [2.75, 3.05) is 7.11 Å². The molecular weight excluding hydrogens is 408 g/mol. The molecule has 32 heavy (non-hydrogen) atoms. The number of fused-ring (bicyclic) bond motifs is 1. The van der Waals surface area contributed by atoms with E-state index in [0.29, 0.717) is 16.9 Å². The van der Waals surface area contributed by atoms with Crippen LogP contribution in [0.2, 0.25) is 0 Å². The molecule has 1 aliphatic carbocycles. The van der Waals surface area contributed by atoms with E-state index in [-0.39, 0.29) is 18.1 Å². The van der Waals surface area contributed by atoms with E-state index < -0.39 is 11.6 Å². The summed E-state index contributed by atoms with van der Waals surface area (Å²) in [6.07, 6.45) is 2.39. The minimum absolute atomic E-state index is 0.0435. The number of aryl methyl sites for hydroxylation is 1. The molecule has 166 valence electrons. The Bertz CT molecular complexity index is 1220. The number of carbonyl (C=O) groups is 1. The van der Waals surface area contributed by atoms with Crippen LogP contribution < -0.4 is 15.1 Å². The Labute approximate surface area is 186 Å². The maximum atomic E-state index is 12.7. The molecule has 2 aromatic carbocycles. The largest absolute Gasteiger partial charge is 0.497 e. The average molecular weight is 434 g/mol. The van der Waals surface area contributed by atoms with E-state index in [9.17, 15) is 9.59 Å². The number of esters is 1. The highest BCUT2D eigenvalue weighted by Gasteiger charge is 2.36. The lowest BCUT2D eigenvalue weighted by molar-refractivity contribution is -0.144. The van der Waals surface area contributed by atoms with E-state index in [1.165, 1.54) is 6.08 Å². The standard InChI is InChI=1S/C26H26O6/c1-5-25(27)31-23-11-10-22(16(23)3)30-19-7-6-17-13-21(26(28)32-24(17)14-19)20-9-8-18(29-4)12-15(20)2/h5-9,12-14,16,22-23H,1,10-11H2,2-4H3. The monoisotopic (exact) mass is 434 g/mol. The van der Waals surface area contributed by atoms with Gasteiger partial charge in [0.15, 0.2) is 0 Å². The van der Waals surface area contributed by atoms with Crippen molar-refractivity contribution in [3.8, 4) is 22.6 Å². The third kappa shape index (κ3) is 4.26. The first-order valence-electron chi connectivity index (χ1n) is 10.6. The lowest BCUT2D eigenvalue weighted by Gasteiger charge is -2.21. The summed E-state index contributed by atoms with van der Waals surface area (Å²) in [5, 5.41) is 0.805. The van der Waals surface area contributed by atoms with Crippen LogP contribution in [0.25, 0.3) is 22.1 Å². The molecule has 0 spiro atoms. The Morgan fingerprint density at radius 2 is 1.81 bits per heavy atom. The maximum absolute atomic E-state index is 12.7. The second-order valence-electron chi connectivity index (χ2n) is 8.10. The van der Waals surface area contributed by atoms with Gasteiger partial charge in [-0.2, -0.15) is 0 Å². The van der Waals surface area contributed by atoms with Crippen LogP contribution in [0, 0.1) is 12.8 Å². The number of methoxy groups -OCH3 is 1. The van der Waals surface area contributed by atoms with Gasteiger partial charge in [0, 0.05) is 23.4 Å². The fraction of sp³-hybridized carbons (Fsp3) is 0.308. The molecule has 6 nitrogen and oxygen atoms in total. The van der Waals surface area contributed by atoms with Crippen LogP contribution in [0.3, 0.4) is 0 Å². The number of rotatable bonds is 6. The van der Waals surface area contributed by atoms with Gasteiger partial charge in [0.1, 0.15) is 29.3 Å². The number of hydrogen-bond donors (Lipinski definition) is 0. The predicted molar refractivity (Wildman–Crippen MR) is 122 cm³/mol. The molecular formula is C26H26O6. The Balaban J connectivity index is 1.57. The van der Waals surface area contributed by atoms with Gasteiger partial charge in [-0.15, -0.1) is 0 Å². The van der Waals surface area contributed by atoms with Crippen molar-refractivity contribution in [2.24, 2.45) is 5.92 Å². The Kier molecular flexibility index (Phi) is 6.04. The van der Waals surface area contributed by atoms with E-state index in [0.717, 1.165) is 35.1 Å². The van der Waals surface area contributed by atoms with Crippen molar-refractivity contribution >= 4 is 16.9 Å². The molecule has 1 aromatic heterocycles. The first-order chi connectivity index (χ1) is 15.4. The normalized spacial score (nSPS) is 20.2. The molecule has 6 heteroatoms. The smallest absolute Gasteiger partial charge is 0.344 e. The van der Waals surface area contributed by atoms with Crippen LogP contribution in [-0.4, -0.2) is 25.3 Å². The van der Waals surface area contributed by atoms with E-state index in [1.807, 2.05) is 50.2 Å². The molecule has 1 fully saturated rings. The van der Waals surface area contributed by atoms with Crippen LogP contribution in [0.4, 0.5) is 0 Å². The van der Waals surface area contributed by atoms with Crippen LogP contribution in [-0.2, 0) is 9.53 Å². The molecule has 0 N–H and O–H groups in total. The Hall–Kier alpha value is -3.54. The quantitative estimate of drug-likeness (QED) is 0.307. The molecule has 3 atom stereocenters. The number of hydrogen-bond acceptors (Lipinski definition) is 6. The summed E-state index contributed by atoms with van der Waals surface area (Å²) in [5.74, 6) is 0.974. The van der Waals surface area contributed by atoms with Gasteiger partial charge < -0.3 is 18.6 Å². The lowest BCUT2D eigenvalue weighted by Crippen LogP contribution is -2.27. The van der Waals surface area contributed by atoms with Crippen molar-refractivity contribution in [1.29, 1.82) is 0 Å². The van der Waals surface area contributed by atoms with Crippen LogP contribution in [0.15, 0.2) is 64.3 Å². The third-order valence-corrected chi connectivity index (χ3v) is 6.06. The third-order valence-electron chi connectivity index (χ3n) is 6.06. The molecule has 1 saturated carbocycles. The van der Waals surface area contributed by atoms with Crippen molar-refractivity contribution in [3.05, 3.63) is 71.1 Å². The SMILES string of the molecule is C=CC(=O)OC1CCC(Oc2ccc3cc(-c4ccc(OC)cc4C)c(=O)oc3c2)C1C. The highest BCUT2D eigenvalue weighted by atomic mass is 16.5. The van der Waals surface area contributed by atoms with E-state index >= 15 is 0 Å². The summed E-state index contributed by atoms with van der Waals surface area (Å²) in [5.41, 5.74) is 2.29. The summed E-state index contributed by atoms with van der Waals surface area (Å²) >= 11 is 0. The number of carbonyl (C=O) groups excluding carboxylic acids is 1. The van der Waals surface area contributed by atoms with Crippen molar-refractivity contribution in [2.45, 2.75) is 38.9 Å². The molecule has 3 unspecified atom stereocenters. The molecule has 0 radical (unpaired) electrons. The molecule has 3 aromatic rings. The van der Waals surface area contributed by atoms with Crippen molar-refractivity contribution < 1.29 is 23.4 Å². The number of ether oxygens (including phenoxy) is 3. The minimum Gasteiger partial charge on any atom is -0.497 e. The summed E-state index contributed by atoms with van der Waals surface area (Å²) in [4.78, 5) is 24.2. The lowest BCUT2D eigenvalue weighted by atomic mass is 10.0. The second-order valence-corrected chi connectivity index (χ2v) is 8.10. The second kappa shape index (κ2) is 8.91. The van der Waals surface area contributed by atoms with E-state index in [4.69, 9.17) is 18.6 Å². The summed E-state index contributed by atoms with van der Waals surface area (Å²) in [7, 11) is 1.61. The van der Waals surface area contributed by atoms with Gasteiger partial charge in [-0.25, -0.2) is 9.59 Å². The fourth-order valence-electron chi connectivity index (χ4n) is 4.22. The first-order valence-corrected chi connectivity index (χ1v) is 10.6. The van der Waals surface area contributed by atoms with E-state index in [1.54, 1.807) is 13.2 Å². The summed E-state index contributed by atoms with van der Waals surface area (Å²) in [6.45, 7) is 7.38. The van der Waals surface area contributed by atoms with Gasteiger partial charge in [-0.1, -0.05) is 19.6 Å². The van der Waals surface area contributed by atoms with Crippen LogP contribution in [0.1, 0.15) is 25.3 Å². The molecule has 0 aliphatic heterocycles. The van der Waals surface area contributed by atoms with Gasteiger partial charge in [-0.3, -0.25) is 0 Å². The molecule has 0 saturated heterocycles. The Morgan fingerprint density at radius 3 is 2.53 bits per heavy atom. The van der Waals surface area contributed by atoms with Crippen LogP contribution in [0.5, 0.6) is 11.5 Å².